The summed E-state index contributed by atoms with van der Waals surface area (Å²) in [5.41, 5.74) is -0.316. The summed E-state index contributed by atoms with van der Waals surface area (Å²) in [5.74, 6) is 0.618. The number of nitrogens with zero attached hydrogens (tertiary/aromatic N) is 1. The minimum absolute atomic E-state index is 0.316. The molecule has 1 rings (SSSR count). The first kappa shape index (κ1) is 14.4. The molecule has 1 unspecified atom stereocenters. The third-order valence-corrected chi connectivity index (χ3v) is 4.50. The maximum absolute atomic E-state index is 11.9. The van der Waals surface area contributed by atoms with Gasteiger partial charge in [0.2, 0.25) is 0 Å². The van der Waals surface area contributed by atoms with Crippen molar-refractivity contribution in [2.24, 2.45) is 5.41 Å². The lowest BCUT2D eigenvalue weighted by Gasteiger charge is -2.14. The standard InChI is InChI=1S/C13H16BrNOS/c1-13(2,10-15)8-3-9-17(16)12-6-4-11(14)5-7-12/h4-7H,3,8-9H2,1-2H3. The number of rotatable bonds is 5. The molecule has 0 aliphatic carbocycles. The Kier molecular flexibility index (Phi) is 5.35. The lowest BCUT2D eigenvalue weighted by Crippen LogP contribution is -2.09. The van der Waals surface area contributed by atoms with Crippen LogP contribution < -0.4 is 0 Å². The number of halogens is 1. The molecule has 92 valence electrons. The second-order valence-corrected chi connectivity index (χ2v) is 7.09. The molecule has 0 aromatic heterocycles. The minimum Gasteiger partial charge on any atom is -0.254 e. The van der Waals surface area contributed by atoms with Crippen molar-refractivity contribution in [1.29, 1.82) is 5.26 Å². The molecule has 0 saturated carbocycles. The lowest BCUT2D eigenvalue weighted by atomic mass is 9.90. The highest BCUT2D eigenvalue weighted by Crippen LogP contribution is 2.21. The van der Waals surface area contributed by atoms with Crippen molar-refractivity contribution in [3.8, 4) is 6.07 Å². The van der Waals surface area contributed by atoms with Crippen LogP contribution in [0.4, 0.5) is 0 Å². The average molecular weight is 314 g/mol. The summed E-state index contributed by atoms with van der Waals surface area (Å²) in [6, 6.07) is 9.79. The van der Waals surface area contributed by atoms with Crippen LogP contribution in [0.1, 0.15) is 26.7 Å². The fraction of sp³-hybridized carbons (Fsp3) is 0.462. The third kappa shape index (κ3) is 5.01. The summed E-state index contributed by atoms with van der Waals surface area (Å²) >= 11 is 3.35. The van der Waals surface area contributed by atoms with Crippen LogP contribution in [0.15, 0.2) is 33.6 Å². The maximum atomic E-state index is 11.9. The Morgan fingerprint density at radius 2 is 1.94 bits per heavy atom. The lowest BCUT2D eigenvalue weighted by molar-refractivity contribution is 0.447. The number of hydrogen-bond acceptors (Lipinski definition) is 2. The number of hydrogen-bond donors (Lipinski definition) is 0. The molecule has 0 N–H and O–H groups in total. The molecule has 0 bridgehead atoms. The second-order valence-electron chi connectivity index (χ2n) is 4.60. The van der Waals surface area contributed by atoms with Crippen molar-refractivity contribution in [3.63, 3.8) is 0 Å². The first-order valence-corrected chi connectivity index (χ1v) is 7.61. The molecule has 0 aliphatic heterocycles. The molecule has 0 amide bonds. The predicted octanol–water partition coefficient (Wildman–Crippen LogP) is 3.89. The zero-order valence-corrected chi connectivity index (χ0v) is 12.5. The van der Waals surface area contributed by atoms with Crippen molar-refractivity contribution >= 4 is 26.7 Å². The van der Waals surface area contributed by atoms with E-state index in [0.717, 1.165) is 22.2 Å². The fourth-order valence-electron chi connectivity index (χ4n) is 1.41. The molecule has 0 fully saturated rings. The van der Waals surface area contributed by atoms with Crippen LogP contribution in [-0.2, 0) is 10.8 Å². The van der Waals surface area contributed by atoms with E-state index in [-0.39, 0.29) is 5.41 Å². The first-order chi connectivity index (χ1) is 7.94. The first-order valence-electron chi connectivity index (χ1n) is 5.50. The molecule has 1 atom stereocenters. The fourth-order valence-corrected chi connectivity index (χ4v) is 2.75. The Labute approximate surface area is 114 Å². The number of benzene rings is 1. The van der Waals surface area contributed by atoms with Crippen LogP contribution in [0.25, 0.3) is 0 Å². The van der Waals surface area contributed by atoms with Gasteiger partial charge in [-0.3, -0.25) is 4.21 Å². The molecule has 0 saturated heterocycles. The Morgan fingerprint density at radius 3 is 2.47 bits per heavy atom. The van der Waals surface area contributed by atoms with Crippen molar-refractivity contribution in [2.45, 2.75) is 31.6 Å². The molecule has 4 heteroatoms. The van der Waals surface area contributed by atoms with E-state index in [2.05, 4.69) is 22.0 Å². The van der Waals surface area contributed by atoms with E-state index in [1.54, 1.807) is 0 Å². The molecule has 0 radical (unpaired) electrons. The highest BCUT2D eigenvalue weighted by Gasteiger charge is 2.16. The second kappa shape index (κ2) is 6.32. The Morgan fingerprint density at radius 1 is 1.35 bits per heavy atom. The Balaban J connectivity index is 2.46. The van der Waals surface area contributed by atoms with E-state index in [1.165, 1.54) is 0 Å². The zero-order chi connectivity index (χ0) is 12.9. The van der Waals surface area contributed by atoms with Gasteiger partial charge in [0.25, 0.3) is 0 Å². The molecule has 1 aromatic rings. The van der Waals surface area contributed by atoms with Gasteiger partial charge in [0.05, 0.1) is 22.3 Å². The quantitative estimate of drug-likeness (QED) is 0.827. The summed E-state index contributed by atoms with van der Waals surface area (Å²) in [4.78, 5) is 0.850. The number of nitriles is 1. The topological polar surface area (TPSA) is 40.9 Å². The zero-order valence-electron chi connectivity index (χ0n) is 10.1. The van der Waals surface area contributed by atoms with Crippen LogP contribution in [-0.4, -0.2) is 9.96 Å². The molecule has 0 aliphatic rings. The maximum Gasteiger partial charge on any atom is 0.0683 e. The molecule has 1 aromatic carbocycles. The van der Waals surface area contributed by atoms with Crippen LogP contribution in [0, 0.1) is 16.7 Å². The summed E-state index contributed by atoms with van der Waals surface area (Å²) < 4.78 is 12.9. The van der Waals surface area contributed by atoms with E-state index in [9.17, 15) is 4.21 Å². The highest BCUT2D eigenvalue weighted by molar-refractivity contribution is 9.10. The molecule has 0 heterocycles. The van der Waals surface area contributed by atoms with Crippen LogP contribution in [0.5, 0.6) is 0 Å². The van der Waals surface area contributed by atoms with Crippen LogP contribution in [0.2, 0.25) is 0 Å². The van der Waals surface area contributed by atoms with Gasteiger partial charge in [0.1, 0.15) is 0 Å². The van der Waals surface area contributed by atoms with Gasteiger partial charge in [-0.2, -0.15) is 5.26 Å². The monoisotopic (exact) mass is 313 g/mol. The third-order valence-electron chi connectivity index (χ3n) is 2.51. The van der Waals surface area contributed by atoms with Gasteiger partial charge in [0, 0.05) is 15.1 Å². The molecular weight excluding hydrogens is 298 g/mol. The predicted molar refractivity (Wildman–Crippen MR) is 74.0 cm³/mol. The SMILES string of the molecule is CC(C)(C#N)CCCS(=O)c1ccc(Br)cc1. The van der Waals surface area contributed by atoms with Gasteiger partial charge in [0.15, 0.2) is 0 Å². The normalized spacial score (nSPS) is 13.1. The summed E-state index contributed by atoms with van der Waals surface area (Å²) in [7, 11) is -0.959. The summed E-state index contributed by atoms with van der Waals surface area (Å²) in [5, 5.41) is 8.88. The molecular formula is C13H16BrNOS. The van der Waals surface area contributed by atoms with E-state index in [0.29, 0.717) is 5.75 Å². The van der Waals surface area contributed by atoms with Crippen LogP contribution >= 0.6 is 15.9 Å². The smallest absolute Gasteiger partial charge is 0.0683 e. The van der Waals surface area contributed by atoms with Gasteiger partial charge in [-0.05, 0) is 51.0 Å². The summed E-state index contributed by atoms with van der Waals surface area (Å²) in [6.07, 6.45) is 1.59. The minimum atomic E-state index is -0.959. The van der Waals surface area contributed by atoms with E-state index in [4.69, 9.17) is 5.26 Å². The Hall–Kier alpha value is -0.660. The van der Waals surface area contributed by atoms with Gasteiger partial charge >= 0.3 is 0 Å². The highest BCUT2D eigenvalue weighted by atomic mass is 79.9. The molecule has 0 spiro atoms. The largest absolute Gasteiger partial charge is 0.254 e. The average Bonchev–Trinajstić information content (AvgIpc) is 2.29. The molecule has 17 heavy (non-hydrogen) atoms. The van der Waals surface area contributed by atoms with Crippen LogP contribution in [0.3, 0.4) is 0 Å². The van der Waals surface area contributed by atoms with Crippen molar-refractivity contribution in [2.75, 3.05) is 5.75 Å². The van der Waals surface area contributed by atoms with Gasteiger partial charge in [-0.25, -0.2) is 0 Å². The van der Waals surface area contributed by atoms with Gasteiger partial charge < -0.3 is 0 Å². The van der Waals surface area contributed by atoms with Crippen molar-refractivity contribution < 1.29 is 4.21 Å². The van der Waals surface area contributed by atoms with Gasteiger partial charge in [-0.1, -0.05) is 15.9 Å². The van der Waals surface area contributed by atoms with Gasteiger partial charge in [-0.15, -0.1) is 0 Å². The van der Waals surface area contributed by atoms with E-state index >= 15 is 0 Å². The van der Waals surface area contributed by atoms with Crippen molar-refractivity contribution in [3.05, 3.63) is 28.7 Å². The molecule has 2 nitrogen and oxygen atoms in total. The van der Waals surface area contributed by atoms with E-state index in [1.807, 2.05) is 38.1 Å². The van der Waals surface area contributed by atoms with E-state index < -0.39 is 10.8 Å². The summed E-state index contributed by atoms with van der Waals surface area (Å²) in [6.45, 7) is 3.82. The Bertz CT molecular complexity index is 434. The van der Waals surface area contributed by atoms with Crippen molar-refractivity contribution in [1.82, 2.24) is 0 Å².